The number of halogens is 1. The van der Waals surface area contributed by atoms with E-state index >= 15 is 0 Å². The van der Waals surface area contributed by atoms with Gasteiger partial charge in [-0.3, -0.25) is 0 Å². The van der Waals surface area contributed by atoms with Gasteiger partial charge in [-0.2, -0.15) is 0 Å². The van der Waals surface area contributed by atoms with Crippen LogP contribution >= 0.6 is 11.6 Å². The monoisotopic (exact) mass is 650 g/mol. The number of ether oxygens (including phenoxy) is 3. The lowest BCUT2D eigenvalue weighted by Crippen LogP contribution is -2.32. The molecule has 1 N–H and O–H groups in total. The minimum Gasteiger partial charge on any atom is -0.479 e. The van der Waals surface area contributed by atoms with Gasteiger partial charge in [0.1, 0.15) is 0 Å². The normalized spacial score (nSPS) is 14.2. The minimum absolute atomic E-state index is 0.142. The summed E-state index contributed by atoms with van der Waals surface area (Å²) < 4.78 is 20.0. The highest BCUT2D eigenvalue weighted by molar-refractivity contribution is 6.76. The Balaban J connectivity index is 1.61. The zero-order chi connectivity index (χ0) is 32.7. The van der Waals surface area contributed by atoms with Gasteiger partial charge >= 0.3 is 5.97 Å². The van der Waals surface area contributed by atoms with E-state index in [1.807, 2.05) is 52.0 Å². The molecule has 0 fully saturated rings. The van der Waals surface area contributed by atoms with Crippen molar-refractivity contribution in [3.63, 3.8) is 0 Å². The molecule has 1 aliphatic heterocycles. The lowest BCUT2D eigenvalue weighted by atomic mass is 9.87. The minimum atomic E-state index is -1.22. The molecular formula is C34H43ClN4O5Si. The average molecular weight is 651 g/mol. The van der Waals surface area contributed by atoms with Crippen LogP contribution in [-0.2, 0) is 20.8 Å². The second-order valence-corrected chi connectivity index (χ2v) is 19.8. The Morgan fingerprint density at radius 3 is 2.36 bits per heavy atom. The van der Waals surface area contributed by atoms with E-state index in [9.17, 15) is 9.90 Å². The van der Waals surface area contributed by atoms with Crippen molar-refractivity contribution < 1.29 is 24.1 Å². The van der Waals surface area contributed by atoms with Crippen molar-refractivity contribution >= 4 is 48.2 Å². The lowest BCUT2D eigenvalue weighted by molar-refractivity contribution is -0.160. The Hall–Kier alpha value is -3.44. The van der Waals surface area contributed by atoms with Gasteiger partial charge in [-0.15, -0.1) is 0 Å². The first-order chi connectivity index (χ1) is 21.1. The van der Waals surface area contributed by atoms with Crippen molar-refractivity contribution in [1.29, 1.82) is 0 Å². The maximum absolute atomic E-state index is 12.9. The number of anilines is 2. The van der Waals surface area contributed by atoms with Gasteiger partial charge in [0.15, 0.2) is 18.6 Å². The fourth-order valence-electron chi connectivity index (χ4n) is 5.80. The Labute approximate surface area is 271 Å². The third kappa shape index (κ3) is 7.19. The number of hydrogen-bond donors (Lipinski definition) is 1. The van der Waals surface area contributed by atoms with Gasteiger partial charge < -0.3 is 28.8 Å². The first-order valence-corrected chi connectivity index (χ1v) is 19.4. The van der Waals surface area contributed by atoms with Gasteiger partial charge in [0.2, 0.25) is 5.95 Å². The van der Waals surface area contributed by atoms with Crippen LogP contribution in [0, 0.1) is 13.8 Å². The standard InChI is InChI=1S/C34H43ClN4O5Si/c1-21-17-26-28(23-9-11-24(35)12-10-23)27(31(32(40)41)44-34(3,4)5)22(2)29-30(26)38(21)13-14-39(29)33-36-18-25(19-37-33)43-20-42-15-16-45(6,7)8/h9-12,17-19,31H,13-16,20H2,1-8H3,(H,40,41)/t31-/m0/s1. The van der Waals surface area contributed by atoms with Crippen LogP contribution in [0.15, 0.2) is 42.7 Å². The van der Waals surface area contributed by atoms with E-state index in [1.165, 1.54) is 0 Å². The van der Waals surface area contributed by atoms with Crippen LogP contribution in [0.25, 0.3) is 22.0 Å². The van der Waals surface area contributed by atoms with Gasteiger partial charge in [-0.1, -0.05) is 43.4 Å². The zero-order valence-corrected chi connectivity index (χ0v) is 29.2. The van der Waals surface area contributed by atoms with Crippen molar-refractivity contribution in [3.05, 3.63) is 64.6 Å². The molecule has 0 amide bonds. The molecule has 0 saturated heterocycles. The van der Waals surface area contributed by atoms with Gasteiger partial charge in [0.25, 0.3) is 0 Å². The highest BCUT2D eigenvalue weighted by Gasteiger charge is 2.36. The van der Waals surface area contributed by atoms with Crippen LogP contribution in [0.2, 0.25) is 30.7 Å². The van der Waals surface area contributed by atoms with Gasteiger partial charge in [-0.25, -0.2) is 14.8 Å². The number of aliphatic carboxylic acids is 1. The molecule has 0 radical (unpaired) electrons. The Morgan fingerprint density at radius 2 is 1.76 bits per heavy atom. The van der Waals surface area contributed by atoms with Crippen molar-refractivity contribution in [2.45, 2.75) is 78.6 Å². The molecule has 5 rings (SSSR count). The maximum Gasteiger partial charge on any atom is 0.337 e. The maximum atomic E-state index is 12.9. The third-order valence-corrected chi connectivity index (χ3v) is 9.85. The quantitative estimate of drug-likeness (QED) is 0.0986. The number of carboxylic acids is 1. The second-order valence-electron chi connectivity index (χ2n) is 13.8. The molecule has 2 aromatic carbocycles. The van der Waals surface area contributed by atoms with Crippen molar-refractivity contribution in [3.8, 4) is 16.9 Å². The number of benzene rings is 2. The Kier molecular flexibility index (Phi) is 9.33. The number of carboxylic acid groups (broad SMARTS) is 1. The lowest BCUT2D eigenvalue weighted by Gasteiger charge is -2.35. The van der Waals surface area contributed by atoms with Crippen LogP contribution in [-0.4, -0.2) is 59.2 Å². The van der Waals surface area contributed by atoms with Gasteiger partial charge in [-0.05, 0) is 75.6 Å². The van der Waals surface area contributed by atoms with Gasteiger partial charge in [0.05, 0.1) is 29.2 Å². The van der Waals surface area contributed by atoms with Crippen LogP contribution in [0.4, 0.5) is 11.6 Å². The molecule has 2 aromatic heterocycles. The summed E-state index contributed by atoms with van der Waals surface area (Å²) in [5.74, 6) is -0.0310. The highest BCUT2D eigenvalue weighted by atomic mass is 35.5. The van der Waals surface area contributed by atoms with E-state index in [0.29, 0.717) is 42.0 Å². The molecule has 1 aliphatic rings. The van der Waals surface area contributed by atoms with Crippen molar-refractivity contribution in [2.24, 2.45) is 0 Å². The molecule has 240 valence electrons. The summed E-state index contributed by atoms with van der Waals surface area (Å²) >= 11 is 6.27. The molecule has 9 nitrogen and oxygen atoms in total. The Morgan fingerprint density at radius 1 is 1.09 bits per heavy atom. The van der Waals surface area contributed by atoms with Crippen molar-refractivity contribution in [2.75, 3.05) is 24.8 Å². The van der Waals surface area contributed by atoms with Crippen LogP contribution in [0.1, 0.15) is 43.7 Å². The smallest absolute Gasteiger partial charge is 0.337 e. The molecule has 1 atom stereocenters. The molecule has 0 aliphatic carbocycles. The largest absolute Gasteiger partial charge is 0.479 e. The fourth-order valence-corrected chi connectivity index (χ4v) is 6.69. The van der Waals surface area contributed by atoms with Crippen molar-refractivity contribution in [1.82, 2.24) is 14.5 Å². The highest BCUT2D eigenvalue weighted by Crippen LogP contribution is 2.49. The topological polar surface area (TPSA) is 98.9 Å². The Bertz CT molecular complexity index is 1690. The second kappa shape index (κ2) is 12.7. The summed E-state index contributed by atoms with van der Waals surface area (Å²) in [4.78, 5) is 24.4. The molecular weight excluding hydrogens is 608 g/mol. The SMILES string of the molecule is Cc1c([C@H](OC(C)(C)C)C(=O)O)c(-c2ccc(Cl)cc2)c2cc(C)n3c2c1N(c1ncc(OCOCC[Si](C)(C)C)cn1)CC3. The average Bonchev–Trinajstić information content (AvgIpc) is 3.29. The van der Waals surface area contributed by atoms with E-state index in [4.69, 9.17) is 25.8 Å². The summed E-state index contributed by atoms with van der Waals surface area (Å²) in [6, 6.07) is 10.7. The van der Waals surface area contributed by atoms with E-state index in [1.54, 1.807) is 12.4 Å². The molecule has 45 heavy (non-hydrogen) atoms. The molecule has 0 unspecified atom stereocenters. The van der Waals surface area contributed by atoms with E-state index < -0.39 is 25.7 Å². The summed E-state index contributed by atoms with van der Waals surface area (Å²) in [5, 5.41) is 12.1. The number of rotatable bonds is 11. The third-order valence-electron chi connectivity index (χ3n) is 7.90. The first-order valence-electron chi connectivity index (χ1n) is 15.3. The molecule has 0 spiro atoms. The first kappa shape index (κ1) is 32.9. The van der Waals surface area contributed by atoms with E-state index in [2.05, 4.69) is 52.1 Å². The summed E-state index contributed by atoms with van der Waals surface area (Å²) in [5.41, 5.74) is 5.32. The molecule has 11 heteroatoms. The van der Waals surface area contributed by atoms with E-state index in [0.717, 1.165) is 45.0 Å². The number of carbonyl (C=O) groups is 1. The molecule has 0 bridgehead atoms. The van der Waals surface area contributed by atoms with E-state index in [-0.39, 0.29) is 6.79 Å². The number of nitrogens with zero attached hydrogens (tertiary/aromatic N) is 4. The predicted octanol–water partition coefficient (Wildman–Crippen LogP) is 8.15. The number of aromatic nitrogens is 3. The molecule has 3 heterocycles. The zero-order valence-electron chi connectivity index (χ0n) is 27.4. The number of aryl methyl sites for hydroxylation is 1. The number of hydrogen-bond acceptors (Lipinski definition) is 7. The summed E-state index contributed by atoms with van der Waals surface area (Å²) in [7, 11) is -1.17. The molecule has 0 saturated carbocycles. The van der Waals surface area contributed by atoms with Gasteiger partial charge in [0, 0.05) is 49.4 Å². The van der Waals surface area contributed by atoms with Crippen LogP contribution < -0.4 is 9.64 Å². The summed E-state index contributed by atoms with van der Waals surface area (Å²) in [6.45, 7) is 18.7. The summed E-state index contributed by atoms with van der Waals surface area (Å²) in [6.07, 6.45) is 2.09. The predicted molar refractivity (Wildman–Crippen MR) is 182 cm³/mol. The fraction of sp³-hybridized carbons (Fsp3) is 0.441. The molecule has 4 aromatic rings. The van der Waals surface area contributed by atoms with Crippen LogP contribution in [0.5, 0.6) is 5.75 Å². The van der Waals surface area contributed by atoms with Crippen LogP contribution in [0.3, 0.4) is 0 Å².